The van der Waals surface area contributed by atoms with E-state index in [1.165, 1.54) is 11.1 Å². The number of carbonyl (C=O) groups excluding carboxylic acids is 2. The SMILES string of the molecule is C[C@H](c1ccc(Cl)cc1)[C@H](C)N(C)C(=O)C(=O)Nc1cccnc1. The standard InChI is InChI=1S/C18H20ClN3O2/c1-12(14-6-8-15(19)9-7-14)13(2)22(3)18(24)17(23)21-16-5-4-10-20-11-16/h4-13H,1-3H3,(H,21,23)/t12-,13-/m0/s1. The summed E-state index contributed by atoms with van der Waals surface area (Å²) in [5.74, 6) is -1.21. The number of hydrogen-bond acceptors (Lipinski definition) is 3. The number of rotatable bonds is 4. The summed E-state index contributed by atoms with van der Waals surface area (Å²) in [4.78, 5) is 29.8. The van der Waals surface area contributed by atoms with Crippen LogP contribution in [0.5, 0.6) is 0 Å². The molecular formula is C18H20ClN3O2. The van der Waals surface area contributed by atoms with E-state index in [0.717, 1.165) is 5.56 Å². The van der Waals surface area contributed by atoms with Crippen LogP contribution in [0.3, 0.4) is 0 Å². The van der Waals surface area contributed by atoms with Gasteiger partial charge in [0.1, 0.15) is 0 Å². The molecule has 6 heteroatoms. The van der Waals surface area contributed by atoms with Crippen molar-refractivity contribution >= 4 is 29.1 Å². The highest BCUT2D eigenvalue weighted by molar-refractivity contribution is 6.39. The van der Waals surface area contributed by atoms with Gasteiger partial charge < -0.3 is 10.2 Å². The van der Waals surface area contributed by atoms with Gasteiger partial charge in [-0.1, -0.05) is 30.7 Å². The van der Waals surface area contributed by atoms with Crippen molar-refractivity contribution in [2.45, 2.75) is 25.8 Å². The minimum Gasteiger partial charge on any atom is -0.334 e. The lowest BCUT2D eigenvalue weighted by Gasteiger charge is -2.29. The molecule has 5 nitrogen and oxygen atoms in total. The molecule has 0 radical (unpaired) electrons. The number of hydrogen-bond donors (Lipinski definition) is 1. The molecule has 2 amide bonds. The maximum absolute atomic E-state index is 12.4. The highest BCUT2D eigenvalue weighted by atomic mass is 35.5. The molecule has 126 valence electrons. The Morgan fingerprint density at radius 3 is 2.42 bits per heavy atom. The number of aromatic nitrogens is 1. The quantitative estimate of drug-likeness (QED) is 0.864. The monoisotopic (exact) mass is 345 g/mol. The number of pyridine rings is 1. The maximum Gasteiger partial charge on any atom is 0.313 e. The van der Waals surface area contributed by atoms with E-state index < -0.39 is 11.8 Å². The summed E-state index contributed by atoms with van der Waals surface area (Å²) in [7, 11) is 1.63. The Bertz CT molecular complexity index is 704. The lowest BCUT2D eigenvalue weighted by atomic mass is 9.93. The number of nitrogens with one attached hydrogen (secondary N) is 1. The average molecular weight is 346 g/mol. The highest BCUT2D eigenvalue weighted by Gasteiger charge is 2.27. The second-order valence-electron chi connectivity index (χ2n) is 5.69. The first-order chi connectivity index (χ1) is 11.4. The first-order valence-electron chi connectivity index (χ1n) is 7.63. The summed E-state index contributed by atoms with van der Waals surface area (Å²) in [6.45, 7) is 3.92. The molecule has 0 saturated heterocycles. The second kappa shape index (κ2) is 7.93. The molecule has 1 aromatic carbocycles. The van der Waals surface area contributed by atoms with Crippen molar-refractivity contribution in [2.24, 2.45) is 0 Å². The summed E-state index contributed by atoms with van der Waals surface area (Å²) in [5.41, 5.74) is 1.54. The zero-order valence-electron chi connectivity index (χ0n) is 13.9. The Morgan fingerprint density at radius 1 is 1.17 bits per heavy atom. The van der Waals surface area contributed by atoms with Gasteiger partial charge in [-0.05, 0) is 36.8 Å². The summed E-state index contributed by atoms with van der Waals surface area (Å²) < 4.78 is 0. The van der Waals surface area contributed by atoms with Crippen LogP contribution in [0.25, 0.3) is 0 Å². The van der Waals surface area contributed by atoms with Crippen molar-refractivity contribution in [3.8, 4) is 0 Å². The van der Waals surface area contributed by atoms with Gasteiger partial charge in [-0.25, -0.2) is 0 Å². The summed E-state index contributed by atoms with van der Waals surface area (Å²) in [6, 6.07) is 10.7. The third kappa shape index (κ3) is 4.32. The Kier molecular flexibility index (Phi) is 5.93. The molecule has 1 aromatic heterocycles. The van der Waals surface area contributed by atoms with Crippen LogP contribution >= 0.6 is 11.6 Å². The summed E-state index contributed by atoms with van der Waals surface area (Å²) in [5, 5.41) is 3.22. The van der Waals surface area contributed by atoms with Crippen LogP contribution < -0.4 is 5.32 Å². The Labute approximate surface area is 146 Å². The fourth-order valence-corrected chi connectivity index (χ4v) is 2.47. The number of anilines is 1. The third-order valence-electron chi connectivity index (χ3n) is 4.16. The van der Waals surface area contributed by atoms with Gasteiger partial charge in [0.2, 0.25) is 0 Å². The first kappa shape index (κ1) is 17.9. The largest absolute Gasteiger partial charge is 0.334 e. The maximum atomic E-state index is 12.4. The lowest BCUT2D eigenvalue weighted by Crippen LogP contribution is -2.44. The van der Waals surface area contributed by atoms with Crippen molar-refractivity contribution < 1.29 is 9.59 Å². The van der Waals surface area contributed by atoms with Crippen molar-refractivity contribution in [3.05, 3.63) is 59.4 Å². The number of amides is 2. The van der Waals surface area contributed by atoms with E-state index >= 15 is 0 Å². The van der Waals surface area contributed by atoms with E-state index in [0.29, 0.717) is 10.7 Å². The van der Waals surface area contributed by atoms with Crippen molar-refractivity contribution in [3.63, 3.8) is 0 Å². The van der Waals surface area contributed by atoms with Gasteiger partial charge >= 0.3 is 11.8 Å². The van der Waals surface area contributed by atoms with E-state index in [2.05, 4.69) is 10.3 Å². The average Bonchev–Trinajstić information content (AvgIpc) is 2.60. The van der Waals surface area contributed by atoms with Crippen molar-refractivity contribution in [1.82, 2.24) is 9.88 Å². The van der Waals surface area contributed by atoms with Gasteiger partial charge in [-0.15, -0.1) is 0 Å². The first-order valence-corrected chi connectivity index (χ1v) is 8.01. The molecule has 0 aliphatic rings. The normalized spacial score (nSPS) is 13.0. The van der Waals surface area contributed by atoms with Crippen LogP contribution in [0.1, 0.15) is 25.3 Å². The van der Waals surface area contributed by atoms with E-state index in [4.69, 9.17) is 11.6 Å². The molecule has 2 rings (SSSR count). The van der Waals surface area contributed by atoms with E-state index in [1.54, 1.807) is 25.4 Å². The second-order valence-corrected chi connectivity index (χ2v) is 6.13. The lowest BCUT2D eigenvalue weighted by molar-refractivity contribution is -0.143. The van der Waals surface area contributed by atoms with Crippen LogP contribution in [0.2, 0.25) is 5.02 Å². The van der Waals surface area contributed by atoms with E-state index in [-0.39, 0.29) is 12.0 Å². The van der Waals surface area contributed by atoms with Crippen LogP contribution in [0, 0.1) is 0 Å². The predicted molar refractivity (Wildman–Crippen MR) is 95.0 cm³/mol. The van der Waals surface area contributed by atoms with Crippen molar-refractivity contribution in [2.75, 3.05) is 12.4 Å². The van der Waals surface area contributed by atoms with Gasteiger partial charge in [0.25, 0.3) is 0 Å². The number of benzene rings is 1. The highest BCUT2D eigenvalue weighted by Crippen LogP contribution is 2.24. The summed E-state index contributed by atoms with van der Waals surface area (Å²) >= 11 is 5.90. The van der Waals surface area contributed by atoms with Gasteiger partial charge in [0.15, 0.2) is 0 Å². The smallest absolute Gasteiger partial charge is 0.313 e. The zero-order valence-corrected chi connectivity index (χ0v) is 14.6. The third-order valence-corrected chi connectivity index (χ3v) is 4.42. The van der Waals surface area contributed by atoms with Gasteiger partial charge in [-0.2, -0.15) is 0 Å². The van der Waals surface area contributed by atoms with Crippen molar-refractivity contribution in [1.29, 1.82) is 0 Å². The minimum absolute atomic E-state index is 0.0578. The Hall–Kier alpha value is -2.40. The Balaban J connectivity index is 2.03. The molecule has 0 bridgehead atoms. The fourth-order valence-electron chi connectivity index (χ4n) is 2.35. The van der Waals surface area contributed by atoms with Crippen LogP contribution in [0.15, 0.2) is 48.8 Å². The topological polar surface area (TPSA) is 62.3 Å². The molecule has 0 spiro atoms. The predicted octanol–water partition coefficient (Wildman–Crippen LogP) is 3.32. The van der Waals surface area contributed by atoms with Crippen LogP contribution in [-0.4, -0.2) is 34.8 Å². The van der Waals surface area contributed by atoms with Crippen LogP contribution in [-0.2, 0) is 9.59 Å². The number of carbonyl (C=O) groups is 2. The Morgan fingerprint density at radius 2 is 1.83 bits per heavy atom. The molecular weight excluding hydrogens is 326 g/mol. The molecule has 1 heterocycles. The summed E-state index contributed by atoms with van der Waals surface area (Å²) in [6.07, 6.45) is 3.09. The number of halogens is 1. The molecule has 0 saturated carbocycles. The molecule has 2 aromatic rings. The van der Waals surface area contributed by atoms with Crippen LogP contribution in [0.4, 0.5) is 5.69 Å². The van der Waals surface area contributed by atoms with E-state index in [1.807, 2.05) is 38.1 Å². The molecule has 0 unspecified atom stereocenters. The van der Waals surface area contributed by atoms with E-state index in [9.17, 15) is 9.59 Å². The molecule has 1 N–H and O–H groups in total. The fraction of sp³-hybridized carbons (Fsp3) is 0.278. The van der Waals surface area contributed by atoms with Gasteiger partial charge in [-0.3, -0.25) is 14.6 Å². The number of nitrogens with zero attached hydrogens (tertiary/aromatic N) is 2. The molecule has 2 atom stereocenters. The molecule has 24 heavy (non-hydrogen) atoms. The minimum atomic E-state index is -0.680. The number of likely N-dealkylation sites (N-methyl/N-ethyl adjacent to an activating group) is 1. The molecule has 0 aliphatic heterocycles. The molecule has 0 fully saturated rings. The zero-order chi connectivity index (χ0) is 17.7. The molecule has 0 aliphatic carbocycles. The van der Waals surface area contributed by atoms with Gasteiger partial charge in [0, 0.05) is 30.2 Å². The van der Waals surface area contributed by atoms with Gasteiger partial charge in [0.05, 0.1) is 11.9 Å².